The van der Waals surface area contributed by atoms with Crippen LogP contribution >= 0.6 is 11.8 Å². The number of ether oxygens (including phenoxy) is 1. The van der Waals surface area contributed by atoms with Gasteiger partial charge in [-0.05, 0) is 32.1 Å². The summed E-state index contributed by atoms with van der Waals surface area (Å²) < 4.78 is 5.12. The van der Waals surface area contributed by atoms with Crippen LogP contribution in [0.25, 0.3) is 0 Å². The normalized spacial score (nSPS) is 24.6. The summed E-state index contributed by atoms with van der Waals surface area (Å²) in [6.45, 7) is 2.68. The van der Waals surface area contributed by atoms with Gasteiger partial charge in [-0.25, -0.2) is 0 Å². The highest BCUT2D eigenvalue weighted by Crippen LogP contribution is 2.28. The summed E-state index contributed by atoms with van der Waals surface area (Å²) in [6, 6.07) is 0.408. The molecule has 2 N–H and O–H groups in total. The molecule has 1 fully saturated rings. The van der Waals surface area contributed by atoms with E-state index in [2.05, 4.69) is 6.92 Å². The summed E-state index contributed by atoms with van der Waals surface area (Å²) >= 11 is 1.91. The Labute approximate surface area is 109 Å². The molecule has 1 aliphatic carbocycles. The molecule has 17 heavy (non-hydrogen) atoms. The molecular weight excluding hydrogens is 234 g/mol. The second-order valence-corrected chi connectivity index (χ2v) is 6.14. The zero-order chi connectivity index (χ0) is 12.5. The second-order valence-electron chi connectivity index (χ2n) is 4.73. The van der Waals surface area contributed by atoms with Gasteiger partial charge in [0.1, 0.15) is 0 Å². The van der Waals surface area contributed by atoms with Crippen molar-refractivity contribution in [2.24, 2.45) is 5.73 Å². The lowest BCUT2D eigenvalue weighted by molar-refractivity contribution is -0.143. The molecule has 0 aromatic rings. The van der Waals surface area contributed by atoms with Gasteiger partial charge in [0.05, 0.1) is 13.0 Å². The topological polar surface area (TPSA) is 52.3 Å². The fourth-order valence-electron chi connectivity index (χ4n) is 1.97. The van der Waals surface area contributed by atoms with Gasteiger partial charge in [0.25, 0.3) is 0 Å². The molecule has 0 aromatic heterocycles. The number of carbonyl (C=O) groups excluding carboxylic acids is 1. The highest BCUT2D eigenvalue weighted by molar-refractivity contribution is 7.99. The number of carbonyl (C=O) groups is 1. The number of unbranched alkanes of at least 4 members (excludes halogenated alkanes) is 1. The van der Waals surface area contributed by atoms with Crippen molar-refractivity contribution in [1.82, 2.24) is 0 Å². The molecule has 0 spiro atoms. The highest BCUT2D eigenvalue weighted by atomic mass is 32.2. The second kappa shape index (κ2) is 8.81. The molecule has 1 rings (SSSR count). The maximum atomic E-state index is 11.4. The zero-order valence-corrected chi connectivity index (χ0v) is 11.6. The van der Waals surface area contributed by atoms with E-state index in [-0.39, 0.29) is 5.97 Å². The number of nitrogens with two attached hydrogens (primary N) is 1. The Balaban J connectivity index is 1.97. The Bertz CT molecular complexity index is 215. The van der Waals surface area contributed by atoms with Gasteiger partial charge in [0.2, 0.25) is 0 Å². The summed E-state index contributed by atoms with van der Waals surface area (Å²) in [5, 5.41) is 0.707. The molecule has 0 saturated heterocycles. The number of esters is 1. The van der Waals surface area contributed by atoms with Gasteiger partial charge < -0.3 is 10.5 Å². The molecule has 0 unspecified atom stereocenters. The van der Waals surface area contributed by atoms with Crippen LogP contribution < -0.4 is 5.73 Å². The van der Waals surface area contributed by atoms with Crippen molar-refractivity contribution in [3.63, 3.8) is 0 Å². The minimum absolute atomic E-state index is 0.0431. The van der Waals surface area contributed by atoms with Crippen molar-refractivity contribution >= 4 is 17.7 Å². The molecule has 0 amide bonds. The first-order chi connectivity index (χ1) is 8.22. The Morgan fingerprint density at radius 1 is 1.35 bits per heavy atom. The van der Waals surface area contributed by atoms with Crippen LogP contribution in [0.5, 0.6) is 0 Å². The van der Waals surface area contributed by atoms with E-state index < -0.39 is 0 Å². The molecule has 0 atom stereocenters. The molecule has 0 bridgehead atoms. The quantitative estimate of drug-likeness (QED) is 0.564. The first-order valence-corrected chi connectivity index (χ1v) is 7.80. The first kappa shape index (κ1) is 14.8. The summed E-state index contributed by atoms with van der Waals surface area (Å²) in [4.78, 5) is 11.4. The van der Waals surface area contributed by atoms with Crippen LogP contribution in [0.4, 0.5) is 0 Å². The van der Waals surface area contributed by atoms with E-state index in [1.165, 1.54) is 12.8 Å². The third kappa shape index (κ3) is 6.94. The van der Waals surface area contributed by atoms with E-state index in [4.69, 9.17) is 10.5 Å². The standard InChI is InChI=1S/C13H25NO2S/c1-2-3-9-16-13(15)8-10-17-12-6-4-11(14)5-7-12/h11-12H,2-10,14H2,1H3. The summed E-state index contributed by atoms with van der Waals surface area (Å²) in [5.41, 5.74) is 5.86. The number of thioether (sulfide) groups is 1. The third-order valence-corrected chi connectivity index (χ3v) is 4.52. The van der Waals surface area contributed by atoms with Crippen molar-refractivity contribution in [3.8, 4) is 0 Å². The van der Waals surface area contributed by atoms with Crippen LogP contribution in [-0.4, -0.2) is 29.6 Å². The maximum Gasteiger partial charge on any atom is 0.306 e. The van der Waals surface area contributed by atoms with E-state index in [0.29, 0.717) is 24.3 Å². The smallest absolute Gasteiger partial charge is 0.306 e. The van der Waals surface area contributed by atoms with Crippen LogP contribution in [0.3, 0.4) is 0 Å². The fourth-order valence-corrected chi connectivity index (χ4v) is 3.19. The summed E-state index contributed by atoms with van der Waals surface area (Å²) in [5.74, 6) is 0.851. The fraction of sp³-hybridized carbons (Fsp3) is 0.923. The summed E-state index contributed by atoms with van der Waals surface area (Å²) in [6.07, 6.45) is 7.28. The van der Waals surface area contributed by atoms with Gasteiger partial charge in [0, 0.05) is 17.0 Å². The lowest BCUT2D eigenvalue weighted by atomic mass is 9.96. The number of rotatable bonds is 7. The van der Waals surface area contributed by atoms with Gasteiger partial charge in [-0.1, -0.05) is 13.3 Å². The van der Waals surface area contributed by atoms with Crippen LogP contribution in [-0.2, 0) is 9.53 Å². The van der Waals surface area contributed by atoms with Gasteiger partial charge in [-0.2, -0.15) is 11.8 Å². The largest absolute Gasteiger partial charge is 0.466 e. The van der Waals surface area contributed by atoms with Crippen molar-refractivity contribution in [3.05, 3.63) is 0 Å². The third-order valence-electron chi connectivity index (χ3n) is 3.14. The lowest BCUT2D eigenvalue weighted by Crippen LogP contribution is -2.27. The molecule has 4 heteroatoms. The Kier molecular flexibility index (Phi) is 7.69. The highest BCUT2D eigenvalue weighted by Gasteiger charge is 2.18. The maximum absolute atomic E-state index is 11.4. The van der Waals surface area contributed by atoms with E-state index in [1.54, 1.807) is 0 Å². The summed E-state index contributed by atoms with van der Waals surface area (Å²) in [7, 11) is 0. The molecule has 0 aliphatic heterocycles. The number of hydrogen-bond acceptors (Lipinski definition) is 4. The van der Waals surface area contributed by atoms with Crippen LogP contribution in [0.1, 0.15) is 51.9 Å². The Morgan fingerprint density at radius 2 is 2.06 bits per heavy atom. The van der Waals surface area contributed by atoms with E-state index in [1.807, 2.05) is 11.8 Å². The van der Waals surface area contributed by atoms with Crippen molar-refractivity contribution in [2.45, 2.75) is 63.2 Å². The monoisotopic (exact) mass is 259 g/mol. The van der Waals surface area contributed by atoms with Crippen LogP contribution in [0.2, 0.25) is 0 Å². The Hall–Kier alpha value is -0.220. The van der Waals surface area contributed by atoms with Crippen molar-refractivity contribution in [2.75, 3.05) is 12.4 Å². The van der Waals surface area contributed by atoms with Gasteiger partial charge in [0.15, 0.2) is 0 Å². The molecule has 3 nitrogen and oxygen atoms in total. The number of hydrogen-bond donors (Lipinski definition) is 1. The predicted molar refractivity (Wildman–Crippen MR) is 73.2 cm³/mol. The minimum Gasteiger partial charge on any atom is -0.466 e. The average molecular weight is 259 g/mol. The first-order valence-electron chi connectivity index (χ1n) is 6.75. The molecule has 1 saturated carbocycles. The molecule has 100 valence electrons. The Morgan fingerprint density at radius 3 is 2.71 bits per heavy atom. The zero-order valence-electron chi connectivity index (χ0n) is 10.8. The average Bonchev–Trinajstić information content (AvgIpc) is 2.32. The molecule has 0 aromatic carbocycles. The van der Waals surface area contributed by atoms with Crippen LogP contribution in [0.15, 0.2) is 0 Å². The lowest BCUT2D eigenvalue weighted by Gasteiger charge is -2.25. The predicted octanol–water partition coefficient (Wildman–Crippen LogP) is 2.72. The van der Waals surface area contributed by atoms with Gasteiger partial charge >= 0.3 is 5.97 Å². The van der Waals surface area contributed by atoms with Gasteiger partial charge in [-0.3, -0.25) is 4.79 Å². The van der Waals surface area contributed by atoms with E-state index in [0.717, 1.165) is 31.4 Å². The molecule has 0 heterocycles. The SMILES string of the molecule is CCCCOC(=O)CCSC1CCC(N)CC1. The van der Waals surface area contributed by atoms with Crippen molar-refractivity contribution in [1.29, 1.82) is 0 Å². The van der Waals surface area contributed by atoms with Gasteiger partial charge in [-0.15, -0.1) is 0 Å². The molecule has 0 radical (unpaired) electrons. The van der Waals surface area contributed by atoms with E-state index >= 15 is 0 Å². The van der Waals surface area contributed by atoms with Crippen molar-refractivity contribution < 1.29 is 9.53 Å². The minimum atomic E-state index is -0.0431. The van der Waals surface area contributed by atoms with E-state index in [9.17, 15) is 4.79 Å². The van der Waals surface area contributed by atoms with Crippen LogP contribution in [0, 0.1) is 0 Å². The molecule has 1 aliphatic rings. The molecular formula is C13H25NO2S.